The molecule has 6 heteroatoms. The predicted molar refractivity (Wildman–Crippen MR) is 77.3 cm³/mol. The van der Waals surface area contributed by atoms with Crippen molar-refractivity contribution in [2.45, 2.75) is 6.54 Å². The third kappa shape index (κ3) is 3.57. The number of aromatic hydroxyl groups is 1. The van der Waals surface area contributed by atoms with Gasteiger partial charge in [-0.1, -0.05) is 11.8 Å². The highest BCUT2D eigenvalue weighted by molar-refractivity contribution is 7.10. The lowest BCUT2D eigenvalue weighted by Crippen LogP contribution is -2.22. The van der Waals surface area contributed by atoms with E-state index in [1.165, 1.54) is 29.8 Å². The average molecular weight is 287 g/mol. The Balaban J connectivity index is 1.97. The van der Waals surface area contributed by atoms with E-state index in [0.717, 1.165) is 10.4 Å². The van der Waals surface area contributed by atoms with E-state index in [0.29, 0.717) is 13.1 Å². The smallest absolute Gasteiger partial charge is 0.255 e. The Morgan fingerprint density at radius 2 is 2.40 bits per heavy atom. The van der Waals surface area contributed by atoms with Gasteiger partial charge in [0.2, 0.25) is 0 Å². The zero-order valence-electron chi connectivity index (χ0n) is 10.6. The van der Waals surface area contributed by atoms with Gasteiger partial charge in [-0.15, -0.1) is 11.3 Å². The van der Waals surface area contributed by atoms with Crippen molar-refractivity contribution in [3.8, 4) is 17.6 Å². The lowest BCUT2D eigenvalue weighted by atomic mass is 10.2. The molecule has 2 aromatic rings. The summed E-state index contributed by atoms with van der Waals surface area (Å²) in [6.07, 6.45) is 2.70. The van der Waals surface area contributed by atoms with E-state index in [4.69, 9.17) is 5.73 Å². The first-order valence-electron chi connectivity index (χ1n) is 5.88. The molecule has 2 heterocycles. The second-order valence-corrected chi connectivity index (χ2v) is 4.88. The normalized spacial score (nSPS) is 9.65. The molecule has 102 valence electrons. The Labute approximate surface area is 120 Å². The van der Waals surface area contributed by atoms with Gasteiger partial charge in [0.1, 0.15) is 5.75 Å². The fourth-order valence-electron chi connectivity index (χ4n) is 1.53. The number of thiophene rings is 1. The fraction of sp³-hybridized carbons (Fsp3) is 0.143. The van der Waals surface area contributed by atoms with E-state index >= 15 is 0 Å². The van der Waals surface area contributed by atoms with Gasteiger partial charge in [0.15, 0.2) is 0 Å². The maximum Gasteiger partial charge on any atom is 0.255 e. The summed E-state index contributed by atoms with van der Waals surface area (Å²) in [5, 5.41) is 14.2. The molecule has 0 aliphatic rings. The van der Waals surface area contributed by atoms with Crippen molar-refractivity contribution < 1.29 is 9.90 Å². The number of aromatic nitrogens is 1. The highest BCUT2D eigenvalue weighted by Gasteiger charge is 2.10. The Morgan fingerprint density at radius 3 is 3.15 bits per heavy atom. The van der Waals surface area contributed by atoms with Crippen LogP contribution in [0, 0.1) is 11.8 Å². The van der Waals surface area contributed by atoms with Crippen molar-refractivity contribution in [3.63, 3.8) is 0 Å². The first-order valence-corrected chi connectivity index (χ1v) is 6.76. The van der Waals surface area contributed by atoms with Crippen molar-refractivity contribution >= 4 is 17.2 Å². The summed E-state index contributed by atoms with van der Waals surface area (Å²) in [7, 11) is 0. The summed E-state index contributed by atoms with van der Waals surface area (Å²) in [6.45, 7) is 0.707. The SMILES string of the molecule is NCC#Cc1csc(CNC(=O)c2ccncc2O)c1. The highest BCUT2D eigenvalue weighted by atomic mass is 32.1. The zero-order valence-corrected chi connectivity index (χ0v) is 11.4. The number of carbonyl (C=O) groups is 1. The molecule has 1 amide bonds. The molecule has 0 saturated carbocycles. The second-order valence-electron chi connectivity index (χ2n) is 3.88. The monoisotopic (exact) mass is 287 g/mol. The summed E-state index contributed by atoms with van der Waals surface area (Å²) < 4.78 is 0. The van der Waals surface area contributed by atoms with Crippen LogP contribution in [0.25, 0.3) is 0 Å². The summed E-state index contributed by atoms with van der Waals surface area (Å²) in [4.78, 5) is 16.6. The number of nitrogens with zero attached hydrogens (tertiary/aromatic N) is 1. The van der Waals surface area contributed by atoms with Gasteiger partial charge in [-0.3, -0.25) is 9.78 Å². The van der Waals surface area contributed by atoms with Crippen LogP contribution in [0.3, 0.4) is 0 Å². The molecular formula is C14H13N3O2S. The quantitative estimate of drug-likeness (QED) is 0.737. The van der Waals surface area contributed by atoms with E-state index in [-0.39, 0.29) is 17.2 Å². The molecule has 0 bridgehead atoms. The Bertz CT molecular complexity index is 670. The number of hydrogen-bond acceptors (Lipinski definition) is 5. The molecule has 0 spiro atoms. The largest absolute Gasteiger partial charge is 0.505 e. The van der Waals surface area contributed by atoms with E-state index < -0.39 is 0 Å². The van der Waals surface area contributed by atoms with Gasteiger partial charge in [-0.25, -0.2) is 0 Å². The first-order chi connectivity index (χ1) is 9.70. The predicted octanol–water partition coefficient (Wildman–Crippen LogP) is 1.09. The van der Waals surface area contributed by atoms with Crippen molar-refractivity contribution in [2.75, 3.05) is 6.54 Å². The molecule has 0 aliphatic carbocycles. The van der Waals surface area contributed by atoms with E-state index in [2.05, 4.69) is 22.1 Å². The van der Waals surface area contributed by atoms with Crippen molar-refractivity contribution in [1.29, 1.82) is 0 Å². The van der Waals surface area contributed by atoms with Gasteiger partial charge in [0.25, 0.3) is 5.91 Å². The van der Waals surface area contributed by atoms with Gasteiger partial charge in [0.05, 0.1) is 24.8 Å². The molecule has 0 saturated heterocycles. The van der Waals surface area contributed by atoms with Crippen molar-refractivity contribution in [3.05, 3.63) is 45.9 Å². The number of amides is 1. The highest BCUT2D eigenvalue weighted by Crippen LogP contribution is 2.16. The summed E-state index contributed by atoms with van der Waals surface area (Å²) in [5.74, 6) is 5.23. The Morgan fingerprint density at radius 1 is 1.55 bits per heavy atom. The Hall–Kier alpha value is -2.36. The fourth-order valence-corrected chi connectivity index (χ4v) is 2.29. The van der Waals surface area contributed by atoms with Gasteiger partial charge in [-0.05, 0) is 12.1 Å². The summed E-state index contributed by atoms with van der Waals surface area (Å²) in [6, 6.07) is 3.37. The number of nitrogens with two attached hydrogens (primary N) is 1. The standard InChI is InChI=1S/C14H13N3O2S/c15-4-1-2-10-6-11(20-9-10)7-17-14(19)12-3-5-16-8-13(12)18/h3,5-6,8-9,18H,4,7,15H2,(H,17,19). The van der Waals surface area contributed by atoms with Gasteiger partial charge >= 0.3 is 0 Å². The molecule has 5 nitrogen and oxygen atoms in total. The number of rotatable bonds is 3. The van der Waals surface area contributed by atoms with E-state index in [1.807, 2.05) is 11.4 Å². The lowest BCUT2D eigenvalue weighted by Gasteiger charge is -2.04. The maximum absolute atomic E-state index is 11.9. The third-order valence-corrected chi connectivity index (χ3v) is 3.39. The molecule has 2 aromatic heterocycles. The van der Waals surface area contributed by atoms with Gasteiger partial charge in [-0.2, -0.15) is 0 Å². The molecular weight excluding hydrogens is 274 g/mol. The van der Waals surface area contributed by atoms with Crippen LogP contribution in [0.5, 0.6) is 5.75 Å². The molecule has 0 radical (unpaired) electrons. The number of pyridine rings is 1. The Kier molecular flexibility index (Phi) is 4.71. The summed E-state index contributed by atoms with van der Waals surface area (Å²) >= 11 is 1.51. The van der Waals surface area contributed by atoms with Crippen LogP contribution in [0.1, 0.15) is 20.8 Å². The number of hydrogen-bond donors (Lipinski definition) is 3. The molecule has 0 atom stereocenters. The topological polar surface area (TPSA) is 88.2 Å². The minimum Gasteiger partial charge on any atom is -0.505 e. The average Bonchev–Trinajstić information content (AvgIpc) is 2.91. The van der Waals surface area contributed by atoms with Crippen LogP contribution in [0.15, 0.2) is 29.9 Å². The van der Waals surface area contributed by atoms with Crippen molar-refractivity contribution in [1.82, 2.24) is 10.3 Å². The maximum atomic E-state index is 11.9. The minimum absolute atomic E-state index is 0.134. The summed E-state index contributed by atoms with van der Waals surface area (Å²) in [5.41, 5.74) is 6.40. The van der Waals surface area contributed by atoms with Crippen LogP contribution in [-0.4, -0.2) is 22.5 Å². The number of carbonyl (C=O) groups excluding carboxylic acids is 1. The van der Waals surface area contributed by atoms with Crippen LogP contribution < -0.4 is 11.1 Å². The van der Waals surface area contributed by atoms with Gasteiger partial charge < -0.3 is 16.2 Å². The van der Waals surface area contributed by atoms with Gasteiger partial charge in [0, 0.05) is 22.0 Å². The zero-order chi connectivity index (χ0) is 14.4. The molecule has 0 unspecified atom stereocenters. The molecule has 20 heavy (non-hydrogen) atoms. The first kappa shape index (κ1) is 14.1. The van der Waals surface area contributed by atoms with Crippen LogP contribution in [0.4, 0.5) is 0 Å². The molecule has 0 aromatic carbocycles. The van der Waals surface area contributed by atoms with E-state index in [1.54, 1.807) is 0 Å². The van der Waals surface area contributed by atoms with Crippen LogP contribution in [0.2, 0.25) is 0 Å². The molecule has 2 rings (SSSR count). The van der Waals surface area contributed by atoms with E-state index in [9.17, 15) is 9.90 Å². The van der Waals surface area contributed by atoms with Crippen LogP contribution in [-0.2, 0) is 6.54 Å². The lowest BCUT2D eigenvalue weighted by molar-refractivity contribution is 0.0948. The molecule has 0 fully saturated rings. The minimum atomic E-state index is -0.340. The van der Waals surface area contributed by atoms with Crippen LogP contribution >= 0.6 is 11.3 Å². The van der Waals surface area contributed by atoms with Crippen molar-refractivity contribution in [2.24, 2.45) is 5.73 Å². The second kappa shape index (κ2) is 6.70. The molecule has 4 N–H and O–H groups in total. The number of nitrogens with one attached hydrogen (secondary N) is 1. The third-order valence-electron chi connectivity index (χ3n) is 2.46. The molecule has 0 aliphatic heterocycles.